The zero-order valence-electron chi connectivity index (χ0n) is 9.07. The third-order valence-corrected chi connectivity index (χ3v) is 3.50. The van der Waals surface area contributed by atoms with Gasteiger partial charge in [0.1, 0.15) is 17.3 Å². The van der Waals surface area contributed by atoms with Crippen LogP contribution in [0.3, 0.4) is 0 Å². The van der Waals surface area contributed by atoms with E-state index >= 15 is 0 Å². The van der Waals surface area contributed by atoms with Crippen LogP contribution >= 0.6 is 22.9 Å². The third kappa shape index (κ3) is 2.33. The lowest BCUT2D eigenvalue weighted by Gasteiger charge is -2.15. The maximum absolute atomic E-state index is 5.93. The standard InChI is InChI=1S/C11H12ClN3S/c1-7-10(12)13-6-14-11(7)15-8(2)9-3-4-16-5-9/h3-6,8H,1-2H3,(H,13,14,15). The molecule has 0 spiro atoms. The summed E-state index contributed by atoms with van der Waals surface area (Å²) >= 11 is 7.62. The summed E-state index contributed by atoms with van der Waals surface area (Å²) in [4.78, 5) is 8.11. The van der Waals surface area contributed by atoms with Crippen molar-refractivity contribution in [3.8, 4) is 0 Å². The van der Waals surface area contributed by atoms with Crippen molar-refractivity contribution >= 4 is 28.8 Å². The summed E-state index contributed by atoms with van der Waals surface area (Å²) in [5, 5.41) is 8.00. The number of nitrogens with zero attached hydrogens (tertiary/aromatic N) is 2. The minimum absolute atomic E-state index is 0.218. The average Bonchev–Trinajstić information content (AvgIpc) is 2.78. The molecule has 0 bridgehead atoms. The number of hydrogen-bond donors (Lipinski definition) is 1. The number of hydrogen-bond acceptors (Lipinski definition) is 4. The van der Waals surface area contributed by atoms with Gasteiger partial charge >= 0.3 is 0 Å². The van der Waals surface area contributed by atoms with E-state index in [9.17, 15) is 0 Å². The summed E-state index contributed by atoms with van der Waals surface area (Å²) in [5.41, 5.74) is 2.13. The highest BCUT2D eigenvalue weighted by Gasteiger charge is 2.10. The van der Waals surface area contributed by atoms with Crippen molar-refractivity contribution in [2.24, 2.45) is 0 Å². The maximum atomic E-state index is 5.93. The molecule has 0 radical (unpaired) electrons. The number of anilines is 1. The second-order valence-electron chi connectivity index (χ2n) is 3.56. The van der Waals surface area contributed by atoms with Crippen molar-refractivity contribution in [1.82, 2.24) is 9.97 Å². The first-order valence-corrected chi connectivity index (χ1v) is 6.26. The van der Waals surface area contributed by atoms with Gasteiger partial charge in [-0.3, -0.25) is 0 Å². The summed E-state index contributed by atoms with van der Waals surface area (Å²) in [6.07, 6.45) is 1.47. The molecule has 3 nitrogen and oxygen atoms in total. The largest absolute Gasteiger partial charge is 0.363 e. The van der Waals surface area contributed by atoms with Gasteiger partial charge in [0.25, 0.3) is 0 Å². The minimum atomic E-state index is 0.218. The molecule has 1 unspecified atom stereocenters. The van der Waals surface area contributed by atoms with Crippen LogP contribution in [-0.4, -0.2) is 9.97 Å². The fraction of sp³-hybridized carbons (Fsp3) is 0.273. The zero-order chi connectivity index (χ0) is 11.5. The van der Waals surface area contributed by atoms with E-state index < -0.39 is 0 Å². The van der Waals surface area contributed by atoms with Gasteiger partial charge in [-0.05, 0) is 36.2 Å². The van der Waals surface area contributed by atoms with Gasteiger partial charge in [-0.15, -0.1) is 0 Å². The first-order valence-electron chi connectivity index (χ1n) is 4.94. The highest BCUT2D eigenvalue weighted by Crippen LogP contribution is 2.24. The molecule has 84 valence electrons. The van der Waals surface area contributed by atoms with Crippen molar-refractivity contribution in [2.75, 3.05) is 5.32 Å². The molecule has 2 rings (SSSR count). The fourth-order valence-corrected chi connectivity index (χ4v) is 2.27. The lowest BCUT2D eigenvalue weighted by molar-refractivity contribution is 0.873. The summed E-state index contributed by atoms with van der Waals surface area (Å²) in [6, 6.07) is 2.32. The summed E-state index contributed by atoms with van der Waals surface area (Å²) < 4.78 is 0. The van der Waals surface area contributed by atoms with Gasteiger partial charge in [-0.2, -0.15) is 11.3 Å². The van der Waals surface area contributed by atoms with Crippen molar-refractivity contribution in [1.29, 1.82) is 0 Å². The van der Waals surface area contributed by atoms with Crippen LogP contribution in [0.4, 0.5) is 5.82 Å². The van der Waals surface area contributed by atoms with E-state index in [4.69, 9.17) is 11.6 Å². The first kappa shape index (κ1) is 11.4. The number of rotatable bonds is 3. The first-order chi connectivity index (χ1) is 7.68. The Hall–Kier alpha value is -1.13. The Labute approximate surface area is 104 Å². The Balaban J connectivity index is 2.18. The van der Waals surface area contributed by atoms with Crippen LogP contribution in [0.25, 0.3) is 0 Å². The Morgan fingerprint density at radius 1 is 1.44 bits per heavy atom. The van der Waals surface area contributed by atoms with Crippen molar-refractivity contribution in [3.05, 3.63) is 39.4 Å². The predicted octanol–water partition coefficient (Wildman–Crippen LogP) is 3.67. The van der Waals surface area contributed by atoms with Gasteiger partial charge in [0.2, 0.25) is 0 Å². The monoisotopic (exact) mass is 253 g/mol. The van der Waals surface area contributed by atoms with Crippen LogP contribution in [-0.2, 0) is 0 Å². The van der Waals surface area contributed by atoms with Gasteiger partial charge in [0.15, 0.2) is 0 Å². The molecule has 0 fully saturated rings. The van der Waals surface area contributed by atoms with Crippen LogP contribution in [0.1, 0.15) is 24.1 Å². The van der Waals surface area contributed by atoms with Gasteiger partial charge in [-0.25, -0.2) is 9.97 Å². The second-order valence-corrected chi connectivity index (χ2v) is 4.70. The number of aromatic nitrogens is 2. The SMILES string of the molecule is Cc1c(Cl)ncnc1NC(C)c1ccsc1. The Morgan fingerprint density at radius 3 is 2.94 bits per heavy atom. The summed E-state index contributed by atoms with van der Waals surface area (Å²) in [5.74, 6) is 0.790. The normalized spacial score (nSPS) is 12.4. The zero-order valence-corrected chi connectivity index (χ0v) is 10.6. The van der Waals surface area contributed by atoms with Crippen molar-refractivity contribution in [3.63, 3.8) is 0 Å². The van der Waals surface area contributed by atoms with E-state index in [-0.39, 0.29) is 6.04 Å². The number of thiophene rings is 1. The highest BCUT2D eigenvalue weighted by molar-refractivity contribution is 7.07. The Morgan fingerprint density at radius 2 is 2.25 bits per heavy atom. The molecular weight excluding hydrogens is 242 g/mol. The molecule has 0 aliphatic heterocycles. The quantitative estimate of drug-likeness (QED) is 0.848. The smallest absolute Gasteiger partial charge is 0.137 e. The Bertz CT molecular complexity index is 470. The molecule has 1 N–H and O–H groups in total. The maximum Gasteiger partial charge on any atom is 0.137 e. The van der Waals surface area contributed by atoms with Gasteiger partial charge < -0.3 is 5.32 Å². The molecule has 0 saturated carbocycles. The number of nitrogens with one attached hydrogen (secondary N) is 1. The molecule has 2 heterocycles. The average molecular weight is 254 g/mol. The summed E-state index contributed by atoms with van der Waals surface area (Å²) in [7, 11) is 0. The van der Waals surface area contributed by atoms with E-state index in [2.05, 4.69) is 39.0 Å². The second kappa shape index (κ2) is 4.80. The molecule has 0 aliphatic rings. The van der Waals surface area contributed by atoms with Crippen LogP contribution in [0.5, 0.6) is 0 Å². The van der Waals surface area contributed by atoms with E-state index in [1.165, 1.54) is 11.9 Å². The third-order valence-electron chi connectivity index (χ3n) is 2.42. The van der Waals surface area contributed by atoms with Crippen LogP contribution < -0.4 is 5.32 Å². The molecule has 1 atom stereocenters. The topological polar surface area (TPSA) is 37.8 Å². The number of halogens is 1. The van der Waals surface area contributed by atoms with Crippen LogP contribution in [0, 0.1) is 6.92 Å². The molecule has 2 aromatic rings. The Kier molecular flexibility index (Phi) is 3.41. The van der Waals surface area contributed by atoms with Crippen molar-refractivity contribution < 1.29 is 0 Å². The van der Waals surface area contributed by atoms with Gasteiger partial charge in [0, 0.05) is 5.56 Å². The molecule has 0 aromatic carbocycles. The minimum Gasteiger partial charge on any atom is -0.363 e. The predicted molar refractivity (Wildman–Crippen MR) is 68.1 cm³/mol. The fourth-order valence-electron chi connectivity index (χ4n) is 1.38. The summed E-state index contributed by atoms with van der Waals surface area (Å²) in [6.45, 7) is 4.00. The molecule has 5 heteroatoms. The van der Waals surface area contributed by atoms with E-state index in [0.29, 0.717) is 5.15 Å². The molecule has 16 heavy (non-hydrogen) atoms. The lowest BCUT2D eigenvalue weighted by atomic mass is 10.2. The van der Waals surface area contributed by atoms with Crippen molar-refractivity contribution in [2.45, 2.75) is 19.9 Å². The molecule has 0 amide bonds. The van der Waals surface area contributed by atoms with E-state index in [0.717, 1.165) is 11.4 Å². The van der Waals surface area contributed by atoms with Gasteiger partial charge in [0.05, 0.1) is 6.04 Å². The molecule has 0 aliphatic carbocycles. The molecule has 2 aromatic heterocycles. The molecule has 0 saturated heterocycles. The van der Waals surface area contributed by atoms with E-state index in [1.807, 2.05) is 6.92 Å². The lowest BCUT2D eigenvalue weighted by Crippen LogP contribution is -2.08. The molecular formula is C11H12ClN3S. The van der Waals surface area contributed by atoms with E-state index in [1.54, 1.807) is 11.3 Å². The highest BCUT2D eigenvalue weighted by atomic mass is 35.5. The van der Waals surface area contributed by atoms with Gasteiger partial charge in [-0.1, -0.05) is 11.6 Å². The van der Waals surface area contributed by atoms with Crippen LogP contribution in [0.15, 0.2) is 23.2 Å². The van der Waals surface area contributed by atoms with Crippen LogP contribution in [0.2, 0.25) is 5.15 Å².